The minimum Gasteiger partial charge on any atom is -0.465 e. The van der Waals surface area contributed by atoms with Gasteiger partial charge in [-0.25, -0.2) is 0 Å². The van der Waals surface area contributed by atoms with Gasteiger partial charge in [0.05, 0.1) is 12.0 Å². The van der Waals surface area contributed by atoms with E-state index in [2.05, 4.69) is 0 Å². The first kappa shape index (κ1) is 39.7. The van der Waals surface area contributed by atoms with Crippen LogP contribution in [0.4, 0.5) is 0 Å². The molecule has 0 spiro atoms. The summed E-state index contributed by atoms with van der Waals surface area (Å²) in [6, 6.07) is 0. The van der Waals surface area contributed by atoms with Crippen LogP contribution in [0.1, 0.15) is 145 Å². The van der Waals surface area contributed by atoms with Gasteiger partial charge in [0, 0.05) is 59.3 Å². The van der Waals surface area contributed by atoms with E-state index in [1.54, 1.807) is 41.5 Å². The van der Waals surface area contributed by atoms with Gasteiger partial charge in [-0.15, -0.1) is 0 Å². The van der Waals surface area contributed by atoms with Gasteiger partial charge >= 0.3 is 11.9 Å². The number of aryl methyl sites for hydroxylation is 1. The first-order valence-corrected chi connectivity index (χ1v) is 17.0. The number of hydrogen-bond acceptors (Lipinski definition) is 9. The number of aliphatic hydroxyl groups is 1. The lowest BCUT2D eigenvalue weighted by Gasteiger charge is -2.35. The average Bonchev–Trinajstić information content (AvgIpc) is 3.05. The predicted molar refractivity (Wildman–Crippen MR) is 183 cm³/mol. The molecule has 262 valence electrons. The van der Waals surface area contributed by atoms with Gasteiger partial charge in [-0.1, -0.05) is 61.5 Å². The minimum atomic E-state index is -0.856. The van der Waals surface area contributed by atoms with Crippen molar-refractivity contribution in [1.29, 1.82) is 0 Å². The standard InChI is InChI=1S/C38H56O9/c1-14-28(39)21(7)36-24(10)33(43)25(11)37(47-36)27(13)38(46-31(41)17-4)26(12)35(45-30(40)16-3)20(6)18-19(5)34-23(9)32(42)22(8)29(15-2)44-34/h18-19,21,26-28,35,38-39H,14-17H2,1-13H3/b20-18+/t19-,21+,26+,27+,28+,35+,38-/m0/s1. The number of aliphatic hydroxyl groups excluding tert-OH is 1. The van der Waals surface area contributed by atoms with Gasteiger partial charge in [0.15, 0.2) is 10.9 Å². The Kier molecular flexibility index (Phi) is 14.4. The van der Waals surface area contributed by atoms with Gasteiger partial charge in [0.25, 0.3) is 0 Å². The molecule has 0 fully saturated rings. The maximum absolute atomic E-state index is 13.4. The van der Waals surface area contributed by atoms with Gasteiger partial charge in [0.2, 0.25) is 0 Å². The molecule has 0 aliphatic carbocycles. The summed E-state index contributed by atoms with van der Waals surface area (Å²) in [6.45, 7) is 23.3. The molecule has 0 bridgehead atoms. The van der Waals surface area contributed by atoms with E-state index >= 15 is 0 Å². The molecule has 1 N–H and O–H groups in total. The summed E-state index contributed by atoms with van der Waals surface area (Å²) < 4.78 is 24.7. The molecule has 0 saturated heterocycles. The second-order valence-corrected chi connectivity index (χ2v) is 12.9. The molecule has 0 aromatic carbocycles. The number of carbonyl (C=O) groups excluding carboxylic acids is 2. The third kappa shape index (κ3) is 8.92. The normalized spacial score (nSPS) is 16.5. The van der Waals surface area contributed by atoms with E-state index in [0.29, 0.717) is 63.7 Å². The second kappa shape index (κ2) is 17.1. The topological polar surface area (TPSA) is 133 Å². The fourth-order valence-corrected chi connectivity index (χ4v) is 6.38. The van der Waals surface area contributed by atoms with Gasteiger partial charge in [-0.05, 0) is 46.6 Å². The third-order valence-corrected chi connectivity index (χ3v) is 9.45. The molecule has 9 heteroatoms. The Bertz CT molecular complexity index is 1560. The summed E-state index contributed by atoms with van der Waals surface area (Å²) in [5.41, 5.74) is 2.38. The number of esters is 2. The van der Waals surface area contributed by atoms with Crippen LogP contribution >= 0.6 is 0 Å². The molecule has 0 unspecified atom stereocenters. The summed E-state index contributed by atoms with van der Waals surface area (Å²) in [5, 5.41) is 10.6. The van der Waals surface area contributed by atoms with Crippen molar-refractivity contribution in [2.24, 2.45) is 5.92 Å². The van der Waals surface area contributed by atoms with Crippen LogP contribution in [0.5, 0.6) is 0 Å². The van der Waals surface area contributed by atoms with E-state index in [0.717, 1.165) is 0 Å². The molecule has 0 aliphatic rings. The molecule has 2 rings (SSSR count). The number of ether oxygens (including phenoxy) is 2. The van der Waals surface area contributed by atoms with E-state index in [1.807, 2.05) is 54.5 Å². The fourth-order valence-electron chi connectivity index (χ4n) is 6.38. The van der Waals surface area contributed by atoms with Crippen molar-refractivity contribution in [3.05, 3.63) is 77.4 Å². The zero-order valence-corrected chi connectivity index (χ0v) is 30.7. The first-order chi connectivity index (χ1) is 22.0. The molecule has 2 heterocycles. The van der Waals surface area contributed by atoms with Crippen LogP contribution in [0.2, 0.25) is 0 Å². The summed E-state index contributed by atoms with van der Waals surface area (Å²) in [6.07, 6.45) is 0.847. The maximum atomic E-state index is 13.4. The number of allylic oxidation sites excluding steroid dienone is 1. The summed E-state index contributed by atoms with van der Waals surface area (Å²) in [5.74, 6) is -0.912. The van der Waals surface area contributed by atoms with Crippen LogP contribution in [0.15, 0.2) is 30.1 Å². The lowest BCUT2D eigenvalue weighted by Crippen LogP contribution is -2.40. The maximum Gasteiger partial charge on any atom is 0.306 e. The predicted octanol–water partition coefficient (Wildman–Crippen LogP) is 7.40. The monoisotopic (exact) mass is 656 g/mol. The van der Waals surface area contributed by atoms with Crippen molar-refractivity contribution < 1.29 is 33.0 Å². The Morgan fingerprint density at radius 3 is 1.74 bits per heavy atom. The molecule has 2 aromatic heterocycles. The van der Waals surface area contributed by atoms with Gasteiger partial charge in [0.1, 0.15) is 35.2 Å². The zero-order valence-electron chi connectivity index (χ0n) is 30.7. The van der Waals surface area contributed by atoms with E-state index in [1.165, 1.54) is 0 Å². The summed E-state index contributed by atoms with van der Waals surface area (Å²) in [4.78, 5) is 52.1. The molecular weight excluding hydrogens is 600 g/mol. The quantitative estimate of drug-likeness (QED) is 0.154. The van der Waals surface area contributed by atoms with Gasteiger partial charge in [-0.3, -0.25) is 19.2 Å². The Balaban J connectivity index is 2.73. The molecular formula is C38H56O9. The van der Waals surface area contributed by atoms with Crippen molar-refractivity contribution in [3.63, 3.8) is 0 Å². The Morgan fingerprint density at radius 2 is 1.23 bits per heavy atom. The van der Waals surface area contributed by atoms with E-state index < -0.39 is 48.0 Å². The van der Waals surface area contributed by atoms with E-state index in [-0.39, 0.29) is 29.6 Å². The van der Waals surface area contributed by atoms with Crippen LogP contribution in [0.25, 0.3) is 0 Å². The van der Waals surface area contributed by atoms with Crippen LogP contribution < -0.4 is 10.9 Å². The van der Waals surface area contributed by atoms with E-state index in [9.17, 15) is 24.3 Å². The lowest BCUT2D eigenvalue weighted by atomic mass is 9.82. The molecule has 0 aliphatic heterocycles. The first-order valence-electron chi connectivity index (χ1n) is 17.0. The van der Waals surface area contributed by atoms with Crippen LogP contribution in [0.3, 0.4) is 0 Å². The third-order valence-electron chi connectivity index (χ3n) is 9.45. The van der Waals surface area contributed by atoms with Crippen molar-refractivity contribution in [2.45, 2.75) is 152 Å². The van der Waals surface area contributed by atoms with Gasteiger partial charge in [-0.2, -0.15) is 0 Å². The highest BCUT2D eigenvalue weighted by atomic mass is 16.6. The highest BCUT2D eigenvalue weighted by Crippen LogP contribution is 2.36. The second-order valence-electron chi connectivity index (χ2n) is 12.9. The highest BCUT2D eigenvalue weighted by molar-refractivity contribution is 5.70. The van der Waals surface area contributed by atoms with Crippen molar-refractivity contribution in [3.8, 4) is 0 Å². The minimum absolute atomic E-state index is 0.0567. The largest absolute Gasteiger partial charge is 0.465 e. The molecule has 7 atom stereocenters. The molecule has 2 aromatic rings. The van der Waals surface area contributed by atoms with Gasteiger partial charge < -0.3 is 23.4 Å². The Labute approximate surface area is 279 Å². The SMILES string of the molecule is CCC(=O)O[C@@H]([C@H](C)[C@H](OC(=O)CC)/C(C)=C/[C@H](C)c1oc(CC)c(C)c(=O)c1C)[C@H](C)c1oc([C@H](C)[C@H](O)CC)c(C)c(=O)c1C. The summed E-state index contributed by atoms with van der Waals surface area (Å²) >= 11 is 0. The number of hydrogen-bond donors (Lipinski definition) is 1. The Hall–Kier alpha value is -3.46. The zero-order chi connectivity index (χ0) is 35.9. The molecule has 9 nitrogen and oxygen atoms in total. The fraction of sp³-hybridized carbons (Fsp3) is 0.632. The molecule has 0 saturated carbocycles. The molecule has 0 radical (unpaired) electrons. The number of rotatable bonds is 15. The van der Waals surface area contributed by atoms with Crippen LogP contribution in [-0.2, 0) is 25.5 Å². The highest BCUT2D eigenvalue weighted by Gasteiger charge is 2.39. The molecule has 47 heavy (non-hydrogen) atoms. The number of carbonyl (C=O) groups is 2. The smallest absolute Gasteiger partial charge is 0.306 e. The molecule has 0 amide bonds. The van der Waals surface area contributed by atoms with Crippen molar-refractivity contribution >= 4 is 11.9 Å². The van der Waals surface area contributed by atoms with Crippen molar-refractivity contribution in [1.82, 2.24) is 0 Å². The Morgan fingerprint density at radius 1 is 0.745 bits per heavy atom. The van der Waals surface area contributed by atoms with Crippen LogP contribution in [-0.4, -0.2) is 35.4 Å². The van der Waals surface area contributed by atoms with Crippen molar-refractivity contribution in [2.75, 3.05) is 0 Å². The average molecular weight is 657 g/mol. The summed E-state index contributed by atoms with van der Waals surface area (Å²) in [7, 11) is 0. The lowest BCUT2D eigenvalue weighted by molar-refractivity contribution is -0.160. The van der Waals surface area contributed by atoms with E-state index in [4.69, 9.17) is 18.3 Å². The van der Waals surface area contributed by atoms with Crippen LogP contribution in [0, 0.1) is 33.6 Å².